The second kappa shape index (κ2) is 10.7. The van der Waals surface area contributed by atoms with E-state index in [9.17, 15) is 4.79 Å². The largest absolute Gasteiger partial charge is 0.489 e. The molecule has 5 nitrogen and oxygen atoms in total. The Balaban J connectivity index is 2.08. The zero-order valence-corrected chi connectivity index (χ0v) is 23.7. The van der Waals surface area contributed by atoms with Gasteiger partial charge in [0.25, 0.3) is 5.56 Å². The fourth-order valence-electron chi connectivity index (χ4n) is 2.95. The zero-order chi connectivity index (χ0) is 22.7. The van der Waals surface area contributed by atoms with Crippen molar-refractivity contribution in [2.75, 3.05) is 0 Å². The molecule has 0 spiro atoms. The Morgan fingerprint density at radius 3 is 2.45 bits per heavy atom. The van der Waals surface area contributed by atoms with E-state index in [1.807, 2.05) is 24.3 Å². The normalized spacial score (nSPS) is 13.6. The highest BCUT2D eigenvalue weighted by atomic mass is 127. The van der Waals surface area contributed by atoms with E-state index in [1.54, 1.807) is 12.3 Å². The molecule has 0 radical (unpaired) electrons. The van der Waals surface area contributed by atoms with Crippen LogP contribution in [0.1, 0.15) is 57.8 Å². The van der Waals surface area contributed by atoms with Crippen LogP contribution in [0.15, 0.2) is 44.7 Å². The first-order valence-corrected chi connectivity index (χ1v) is 13.1. The highest BCUT2D eigenvalue weighted by molar-refractivity contribution is 14.1. The number of fused-ring (bicyclic) bond motifs is 1. The quantitative estimate of drug-likeness (QED) is 0.198. The summed E-state index contributed by atoms with van der Waals surface area (Å²) in [5.41, 5.74) is 1.42. The fraction of sp³-hybridized carbons (Fsp3) is 0.348. The van der Waals surface area contributed by atoms with Crippen LogP contribution in [0.25, 0.3) is 10.9 Å². The van der Waals surface area contributed by atoms with Gasteiger partial charge in [0.05, 0.1) is 30.4 Å². The minimum Gasteiger partial charge on any atom is -0.489 e. The lowest BCUT2D eigenvalue weighted by Gasteiger charge is -2.16. The van der Waals surface area contributed by atoms with Crippen LogP contribution in [-0.2, 0) is 0 Å². The number of rotatable bonds is 7. The monoisotopic (exact) mass is 707 g/mol. The number of aromatic nitrogens is 2. The van der Waals surface area contributed by atoms with Crippen molar-refractivity contribution in [1.29, 1.82) is 0 Å². The van der Waals surface area contributed by atoms with E-state index >= 15 is 0 Å². The molecule has 0 aliphatic carbocycles. The molecule has 8 heteroatoms. The minimum atomic E-state index is -0.168. The van der Waals surface area contributed by atoms with Gasteiger partial charge in [-0.15, -0.1) is 0 Å². The molecule has 3 rings (SSSR count). The molecular weight excluding hydrogens is 684 g/mol. The molecule has 2 atom stereocenters. The first kappa shape index (κ1) is 24.6. The SMILES string of the molecule is CC[C@@H](C)Oc1c(I)cc(C=Nn2c([C@@H](C)CC)nc3ccc(Br)cc3c2=O)cc1I. The summed E-state index contributed by atoms with van der Waals surface area (Å²) in [7, 11) is 0. The summed E-state index contributed by atoms with van der Waals surface area (Å²) in [5.74, 6) is 1.66. The van der Waals surface area contributed by atoms with Crippen molar-refractivity contribution in [3.63, 3.8) is 0 Å². The van der Waals surface area contributed by atoms with E-state index in [1.165, 1.54) is 4.68 Å². The Bertz CT molecular complexity index is 1170. The van der Waals surface area contributed by atoms with E-state index in [0.29, 0.717) is 16.7 Å². The van der Waals surface area contributed by atoms with Gasteiger partial charge in [0.15, 0.2) is 0 Å². The van der Waals surface area contributed by atoms with Crippen LogP contribution < -0.4 is 10.3 Å². The summed E-state index contributed by atoms with van der Waals surface area (Å²) in [5, 5.41) is 5.11. The molecule has 1 heterocycles. The molecule has 3 aromatic rings. The van der Waals surface area contributed by atoms with Crippen molar-refractivity contribution in [1.82, 2.24) is 9.66 Å². The molecule has 0 N–H and O–H groups in total. The molecule has 0 unspecified atom stereocenters. The van der Waals surface area contributed by atoms with E-state index < -0.39 is 0 Å². The molecule has 0 bridgehead atoms. The van der Waals surface area contributed by atoms with Crippen LogP contribution in [0, 0.1) is 7.14 Å². The summed E-state index contributed by atoms with van der Waals surface area (Å²) in [4.78, 5) is 18.0. The van der Waals surface area contributed by atoms with Crippen molar-refractivity contribution in [3.05, 3.63) is 63.7 Å². The molecule has 0 aliphatic heterocycles. The molecule has 1 aromatic heterocycles. The first-order chi connectivity index (χ1) is 14.7. The lowest BCUT2D eigenvalue weighted by atomic mass is 10.1. The topological polar surface area (TPSA) is 56.5 Å². The van der Waals surface area contributed by atoms with Gasteiger partial charge < -0.3 is 4.74 Å². The third kappa shape index (κ3) is 5.68. The molecule has 31 heavy (non-hydrogen) atoms. The van der Waals surface area contributed by atoms with Gasteiger partial charge in [-0.1, -0.05) is 36.7 Å². The Morgan fingerprint density at radius 1 is 1.16 bits per heavy atom. The Morgan fingerprint density at radius 2 is 1.84 bits per heavy atom. The molecule has 0 saturated heterocycles. The molecule has 0 amide bonds. The van der Waals surface area contributed by atoms with Crippen LogP contribution in [0.3, 0.4) is 0 Å². The highest BCUT2D eigenvalue weighted by Gasteiger charge is 2.16. The summed E-state index contributed by atoms with van der Waals surface area (Å²) in [6, 6.07) is 9.59. The van der Waals surface area contributed by atoms with Gasteiger partial charge in [-0.25, -0.2) is 4.98 Å². The number of hydrogen-bond acceptors (Lipinski definition) is 4. The number of ether oxygens (including phenoxy) is 1. The van der Waals surface area contributed by atoms with Gasteiger partial charge in [-0.3, -0.25) is 4.79 Å². The fourth-order valence-corrected chi connectivity index (χ4v) is 5.39. The van der Waals surface area contributed by atoms with Gasteiger partial charge >= 0.3 is 0 Å². The van der Waals surface area contributed by atoms with E-state index in [4.69, 9.17) is 9.72 Å². The van der Waals surface area contributed by atoms with Crippen LogP contribution in [-0.4, -0.2) is 22.0 Å². The highest BCUT2D eigenvalue weighted by Crippen LogP contribution is 2.30. The van der Waals surface area contributed by atoms with Crippen molar-refractivity contribution >= 4 is 78.2 Å². The van der Waals surface area contributed by atoms with E-state index in [-0.39, 0.29) is 17.6 Å². The number of nitrogens with zero attached hydrogens (tertiary/aromatic N) is 3. The molecular formula is C23H24BrI2N3O2. The predicted molar refractivity (Wildman–Crippen MR) is 148 cm³/mol. The predicted octanol–water partition coefficient (Wildman–Crippen LogP) is 6.94. The van der Waals surface area contributed by atoms with Crippen LogP contribution >= 0.6 is 61.1 Å². The first-order valence-electron chi connectivity index (χ1n) is 10.2. The van der Waals surface area contributed by atoms with Gasteiger partial charge in [0.2, 0.25) is 0 Å². The summed E-state index contributed by atoms with van der Waals surface area (Å²) in [6.45, 7) is 8.31. The minimum absolute atomic E-state index is 0.101. The maximum absolute atomic E-state index is 13.3. The average Bonchev–Trinajstić information content (AvgIpc) is 2.75. The number of halogens is 3. The Hall–Kier alpha value is -1.01. The van der Waals surface area contributed by atoms with Crippen LogP contribution in [0.2, 0.25) is 0 Å². The number of hydrogen-bond donors (Lipinski definition) is 0. The number of benzene rings is 2. The van der Waals surface area contributed by atoms with Crippen molar-refractivity contribution in [3.8, 4) is 5.75 Å². The molecule has 0 fully saturated rings. The lowest BCUT2D eigenvalue weighted by molar-refractivity contribution is 0.214. The maximum atomic E-state index is 13.3. The maximum Gasteiger partial charge on any atom is 0.282 e. The Labute approximate surface area is 218 Å². The van der Waals surface area contributed by atoms with E-state index in [0.717, 1.165) is 35.8 Å². The lowest BCUT2D eigenvalue weighted by Crippen LogP contribution is -2.23. The second-order valence-corrected chi connectivity index (χ2v) is 10.7. The van der Waals surface area contributed by atoms with Gasteiger partial charge in [-0.05, 0) is 101 Å². The van der Waals surface area contributed by atoms with Crippen LogP contribution in [0.4, 0.5) is 0 Å². The van der Waals surface area contributed by atoms with Gasteiger partial charge in [0.1, 0.15) is 11.6 Å². The molecule has 0 aliphatic rings. The molecule has 164 valence electrons. The third-order valence-electron chi connectivity index (χ3n) is 5.12. The summed E-state index contributed by atoms with van der Waals surface area (Å²) < 4.78 is 10.4. The molecule has 0 saturated carbocycles. The van der Waals surface area contributed by atoms with Crippen LogP contribution in [0.5, 0.6) is 5.75 Å². The summed E-state index contributed by atoms with van der Waals surface area (Å²) in [6.07, 6.45) is 3.68. The van der Waals surface area contributed by atoms with Gasteiger partial charge in [0, 0.05) is 10.4 Å². The second-order valence-electron chi connectivity index (χ2n) is 7.45. The zero-order valence-electron chi connectivity index (χ0n) is 17.8. The van der Waals surface area contributed by atoms with Crippen molar-refractivity contribution < 1.29 is 4.74 Å². The molecule has 2 aromatic carbocycles. The average molecular weight is 708 g/mol. The standard InChI is InChI=1S/C23H24BrI2N3O2/c1-5-13(3)22-28-20-8-7-16(24)11-17(20)23(30)29(22)27-12-15-9-18(25)21(19(26)10-15)31-14(4)6-2/h7-14H,5-6H2,1-4H3/t13-,14+/m0/s1. The summed E-state index contributed by atoms with van der Waals surface area (Å²) >= 11 is 8.01. The van der Waals surface area contributed by atoms with Gasteiger partial charge in [-0.2, -0.15) is 9.78 Å². The van der Waals surface area contributed by atoms with Crippen molar-refractivity contribution in [2.45, 2.75) is 52.6 Å². The Kier molecular flexibility index (Phi) is 8.53. The van der Waals surface area contributed by atoms with E-state index in [2.05, 4.69) is 93.9 Å². The smallest absolute Gasteiger partial charge is 0.282 e. The van der Waals surface area contributed by atoms with Crippen molar-refractivity contribution in [2.24, 2.45) is 5.10 Å². The third-order valence-corrected chi connectivity index (χ3v) is 7.22.